The summed E-state index contributed by atoms with van der Waals surface area (Å²) in [5.74, 6) is 0.405. The van der Waals surface area contributed by atoms with Crippen molar-refractivity contribution in [3.05, 3.63) is 65.7 Å². The summed E-state index contributed by atoms with van der Waals surface area (Å²) < 4.78 is 5.45. The highest BCUT2D eigenvalue weighted by Gasteiger charge is 2.29. The van der Waals surface area contributed by atoms with Gasteiger partial charge in [-0.25, -0.2) is 0 Å². The molecule has 2 amide bonds. The predicted molar refractivity (Wildman–Crippen MR) is 99.1 cm³/mol. The molecule has 1 aliphatic heterocycles. The summed E-state index contributed by atoms with van der Waals surface area (Å²) in [4.78, 5) is 26.7. The standard InChI is InChI=1S/C20H23N3O3/c1-26-18-10-6-5-9-16(18)17-13-21-11-12-23(17)19(24)14-22-20(25)15-7-3-2-4-8-15/h2-10,17,21H,11-14H2,1H3,(H,22,25). The van der Waals surface area contributed by atoms with E-state index in [9.17, 15) is 9.59 Å². The molecule has 2 aromatic carbocycles. The number of hydrogen-bond acceptors (Lipinski definition) is 4. The molecule has 1 saturated heterocycles. The van der Waals surface area contributed by atoms with Crippen LogP contribution in [0.4, 0.5) is 0 Å². The lowest BCUT2D eigenvalue weighted by atomic mass is 10.0. The Kier molecular flexibility index (Phi) is 5.86. The van der Waals surface area contributed by atoms with E-state index in [4.69, 9.17) is 4.74 Å². The van der Waals surface area contributed by atoms with Gasteiger partial charge in [0.15, 0.2) is 0 Å². The van der Waals surface area contributed by atoms with E-state index >= 15 is 0 Å². The van der Waals surface area contributed by atoms with Crippen molar-refractivity contribution in [3.8, 4) is 5.75 Å². The molecule has 0 bridgehead atoms. The third-order valence-electron chi connectivity index (χ3n) is 4.50. The fraction of sp³-hybridized carbons (Fsp3) is 0.300. The number of carbonyl (C=O) groups is 2. The molecular formula is C20H23N3O3. The minimum absolute atomic E-state index is 0.0284. The van der Waals surface area contributed by atoms with Crippen molar-refractivity contribution in [2.45, 2.75) is 6.04 Å². The summed E-state index contributed by atoms with van der Waals surface area (Å²) in [6, 6.07) is 16.5. The quantitative estimate of drug-likeness (QED) is 0.857. The minimum Gasteiger partial charge on any atom is -0.496 e. The van der Waals surface area contributed by atoms with Crippen LogP contribution in [0, 0.1) is 0 Å². The third-order valence-corrected chi connectivity index (χ3v) is 4.50. The molecule has 2 N–H and O–H groups in total. The zero-order valence-corrected chi connectivity index (χ0v) is 14.8. The molecule has 3 rings (SSSR count). The maximum Gasteiger partial charge on any atom is 0.251 e. The number of benzene rings is 2. The molecule has 136 valence electrons. The molecule has 2 aromatic rings. The lowest BCUT2D eigenvalue weighted by Gasteiger charge is -2.37. The largest absolute Gasteiger partial charge is 0.496 e. The van der Waals surface area contributed by atoms with Crippen molar-refractivity contribution in [1.29, 1.82) is 0 Å². The van der Waals surface area contributed by atoms with Crippen LogP contribution in [-0.4, -0.2) is 50.0 Å². The van der Waals surface area contributed by atoms with Crippen LogP contribution in [0.25, 0.3) is 0 Å². The summed E-state index contributed by atoms with van der Waals surface area (Å²) in [5.41, 5.74) is 1.51. The number of nitrogens with one attached hydrogen (secondary N) is 2. The first-order valence-electron chi connectivity index (χ1n) is 8.67. The van der Waals surface area contributed by atoms with Gasteiger partial charge in [0.05, 0.1) is 19.7 Å². The molecule has 1 fully saturated rings. The van der Waals surface area contributed by atoms with E-state index in [2.05, 4.69) is 10.6 Å². The van der Waals surface area contributed by atoms with Crippen LogP contribution in [0.1, 0.15) is 22.0 Å². The number of para-hydroxylation sites is 1. The number of methoxy groups -OCH3 is 1. The van der Waals surface area contributed by atoms with Gasteiger partial charge in [0.1, 0.15) is 5.75 Å². The summed E-state index contributed by atoms with van der Waals surface area (Å²) in [6.07, 6.45) is 0. The van der Waals surface area contributed by atoms with Crippen LogP contribution in [-0.2, 0) is 4.79 Å². The number of ether oxygens (including phenoxy) is 1. The van der Waals surface area contributed by atoms with Crippen molar-refractivity contribution < 1.29 is 14.3 Å². The van der Waals surface area contributed by atoms with Crippen LogP contribution < -0.4 is 15.4 Å². The summed E-state index contributed by atoms with van der Waals surface area (Å²) >= 11 is 0. The van der Waals surface area contributed by atoms with Crippen LogP contribution in [0.3, 0.4) is 0 Å². The Bertz CT molecular complexity index is 764. The molecular weight excluding hydrogens is 330 g/mol. The Morgan fingerprint density at radius 2 is 1.88 bits per heavy atom. The minimum atomic E-state index is -0.247. The molecule has 1 unspecified atom stereocenters. The molecule has 0 aliphatic carbocycles. The lowest BCUT2D eigenvalue weighted by molar-refractivity contribution is -0.133. The van der Waals surface area contributed by atoms with Gasteiger partial charge < -0.3 is 20.3 Å². The monoisotopic (exact) mass is 353 g/mol. The van der Waals surface area contributed by atoms with Crippen LogP contribution in [0.2, 0.25) is 0 Å². The van der Waals surface area contributed by atoms with E-state index < -0.39 is 0 Å². The highest BCUT2D eigenvalue weighted by molar-refractivity contribution is 5.96. The molecule has 0 aromatic heterocycles. The Morgan fingerprint density at radius 1 is 1.15 bits per heavy atom. The fourth-order valence-corrected chi connectivity index (χ4v) is 3.17. The molecule has 1 aliphatic rings. The number of rotatable bonds is 5. The van der Waals surface area contributed by atoms with Crippen LogP contribution in [0.15, 0.2) is 54.6 Å². The summed E-state index contributed by atoms with van der Waals surface area (Å²) in [7, 11) is 1.63. The zero-order valence-electron chi connectivity index (χ0n) is 14.8. The first-order chi connectivity index (χ1) is 12.7. The topological polar surface area (TPSA) is 70.7 Å². The average Bonchev–Trinajstić information content (AvgIpc) is 2.72. The summed E-state index contributed by atoms with van der Waals surface area (Å²) in [6.45, 7) is 1.94. The number of hydrogen-bond donors (Lipinski definition) is 2. The van der Waals surface area contributed by atoms with E-state index in [1.807, 2.05) is 30.3 Å². The van der Waals surface area contributed by atoms with Gasteiger partial charge in [0, 0.05) is 30.8 Å². The highest BCUT2D eigenvalue weighted by atomic mass is 16.5. The van der Waals surface area contributed by atoms with E-state index in [0.717, 1.165) is 17.9 Å². The van der Waals surface area contributed by atoms with Gasteiger partial charge in [0.25, 0.3) is 5.91 Å². The van der Waals surface area contributed by atoms with Gasteiger partial charge in [-0.15, -0.1) is 0 Å². The number of amides is 2. The molecule has 26 heavy (non-hydrogen) atoms. The highest BCUT2D eigenvalue weighted by Crippen LogP contribution is 2.30. The lowest BCUT2D eigenvalue weighted by Crippen LogP contribution is -2.51. The normalized spacial score (nSPS) is 16.8. The second kappa shape index (κ2) is 8.49. The Hall–Kier alpha value is -2.86. The molecule has 6 heteroatoms. The zero-order chi connectivity index (χ0) is 18.4. The van der Waals surface area contributed by atoms with Crippen molar-refractivity contribution in [3.63, 3.8) is 0 Å². The average molecular weight is 353 g/mol. The van der Waals surface area contributed by atoms with Crippen molar-refractivity contribution in [1.82, 2.24) is 15.5 Å². The van der Waals surface area contributed by atoms with Crippen LogP contribution in [0.5, 0.6) is 5.75 Å². The number of nitrogens with zero attached hydrogens (tertiary/aromatic N) is 1. The molecule has 1 atom stereocenters. The third kappa shape index (κ3) is 4.03. The Labute approximate surface area is 153 Å². The molecule has 0 spiro atoms. The van der Waals surface area contributed by atoms with Crippen molar-refractivity contribution in [2.75, 3.05) is 33.3 Å². The fourth-order valence-electron chi connectivity index (χ4n) is 3.17. The molecule has 0 saturated carbocycles. The Morgan fingerprint density at radius 3 is 2.65 bits per heavy atom. The van der Waals surface area contributed by atoms with Gasteiger partial charge in [-0.3, -0.25) is 9.59 Å². The van der Waals surface area contributed by atoms with Gasteiger partial charge in [-0.1, -0.05) is 36.4 Å². The molecule has 0 radical (unpaired) electrons. The van der Waals surface area contributed by atoms with Crippen molar-refractivity contribution >= 4 is 11.8 Å². The first kappa shape index (κ1) is 17.9. The van der Waals surface area contributed by atoms with Gasteiger partial charge in [-0.05, 0) is 18.2 Å². The van der Waals surface area contributed by atoms with E-state index in [-0.39, 0.29) is 24.4 Å². The molecule has 1 heterocycles. The Balaban J connectivity index is 1.69. The SMILES string of the molecule is COc1ccccc1C1CNCCN1C(=O)CNC(=O)c1ccccc1. The van der Waals surface area contributed by atoms with Crippen molar-refractivity contribution in [2.24, 2.45) is 0 Å². The summed E-state index contributed by atoms with van der Waals surface area (Å²) in [5, 5.41) is 6.04. The van der Waals surface area contributed by atoms with E-state index in [0.29, 0.717) is 18.7 Å². The molecule has 6 nitrogen and oxygen atoms in total. The number of carbonyl (C=O) groups excluding carboxylic acids is 2. The van der Waals surface area contributed by atoms with Crippen LogP contribution >= 0.6 is 0 Å². The smallest absolute Gasteiger partial charge is 0.251 e. The first-order valence-corrected chi connectivity index (χ1v) is 8.67. The maximum absolute atomic E-state index is 12.8. The van der Waals surface area contributed by atoms with Gasteiger partial charge in [0.2, 0.25) is 5.91 Å². The van der Waals surface area contributed by atoms with Gasteiger partial charge >= 0.3 is 0 Å². The van der Waals surface area contributed by atoms with E-state index in [1.54, 1.807) is 36.3 Å². The predicted octanol–water partition coefficient (Wildman–Crippen LogP) is 1.60. The number of piperazine rings is 1. The maximum atomic E-state index is 12.8. The van der Waals surface area contributed by atoms with E-state index in [1.165, 1.54) is 0 Å². The second-order valence-electron chi connectivity index (χ2n) is 6.10. The second-order valence-corrected chi connectivity index (χ2v) is 6.10. The van der Waals surface area contributed by atoms with Gasteiger partial charge in [-0.2, -0.15) is 0 Å².